The lowest BCUT2D eigenvalue weighted by molar-refractivity contribution is 0.122. The zero-order chi connectivity index (χ0) is 9.80. The molecule has 1 N–H and O–H groups in total. The van der Waals surface area contributed by atoms with Crippen LogP contribution in [0.1, 0.15) is 0 Å². The van der Waals surface area contributed by atoms with Gasteiger partial charge < -0.3 is 15.0 Å². The van der Waals surface area contributed by atoms with E-state index < -0.39 is 0 Å². The number of nitrogens with zero attached hydrogens (tertiary/aromatic N) is 3. The van der Waals surface area contributed by atoms with Crippen LogP contribution in [0.5, 0.6) is 0 Å². The van der Waals surface area contributed by atoms with Crippen molar-refractivity contribution in [1.82, 2.24) is 9.97 Å². The van der Waals surface area contributed by atoms with E-state index in [1.54, 1.807) is 6.33 Å². The largest absolute Gasteiger partial charge is 0.378 e. The van der Waals surface area contributed by atoms with Crippen molar-refractivity contribution in [3.8, 4) is 0 Å². The zero-order valence-corrected chi connectivity index (χ0v) is 8.23. The lowest BCUT2D eigenvalue weighted by Gasteiger charge is -2.27. The molecule has 0 bridgehead atoms. The van der Waals surface area contributed by atoms with Gasteiger partial charge in [-0.2, -0.15) is 0 Å². The monoisotopic (exact) mass is 194 g/mol. The number of anilines is 2. The first-order valence-electron chi connectivity index (χ1n) is 4.72. The first kappa shape index (κ1) is 9.21. The van der Waals surface area contributed by atoms with Crippen LogP contribution in [-0.4, -0.2) is 43.3 Å². The first-order valence-corrected chi connectivity index (χ1v) is 4.72. The summed E-state index contributed by atoms with van der Waals surface area (Å²) < 4.78 is 5.28. The van der Waals surface area contributed by atoms with E-state index in [-0.39, 0.29) is 0 Å². The van der Waals surface area contributed by atoms with Crippen molar-refractivity contribution in [2.45, 2.75) is 0 Å². The second-order valence-electron chi connectivity index (χ2n) is 3.11. The second kappa shape index (κ2) is 4.23. The quantitative estimate of drug-likeness (QED) is 0.736. The minimum absolute atomic E-state index is 0.777. The summed E-state index contributed by atoms with van der Waals surface area (Å²) >= 11 is 0. The van der Waals surface area contributed by atoms with Crippen LogP contribution in [0.25, 0.3) is 0 Å². The molecule has 0 radical (unpaired) electrons. The molecule has 1 fully saturated rings. The molecule has 0 spiro atoms. The highest BCUT2D eigenvalue weighted by Crippen LogP contribution is 2.14. The average molecular weight is 194 g/mol. The van der Waals surface area contributed by atoms with Crippen LogP contribution in [0.4, 0.5) is 11.6 Å². The Kier molecular flexibility index (Phi) is 2.78. The van der Waals surface area contributed by atoms with Gasteiger partial charge in [0, 0.05) is 26.2 Å². The Morgan fingerprint density at radius 1 is 1.36 bits per heavy atom. The van der Waals surface area contributed by atoms with Gasteiger partial charge in [0.15, 0.2) is 0 Å². The number of hydrogen-bond donors (Lipinski definition) is 1. The van der Waals surface area contributed by atoms with Crippen LogP contribution in [0.15, 0.2) is 12.4 Å². The van der Waals surface area contributed by atoms with Crippen molar-refractivity contribution in [3.05, 3.63) is 12.4 Å². The minimum atomic E-state index is 0.777. The molecule has 0 atom stereocenters. The van der Waals surface area contributed by atoms with Gasteiger partial charge >= 0.3 is 0 Å². The third kappa shape index (κ3) is 1.93. The Bertz CT molecular complexity index is 299. The summed E-state index contributed by atoms with van der Waals surface area (Å²) in [5.41, 5.74) is 0. The predicted molar refractivity (Wildman–Crippen MR) is 54.6 cm³/mol. The normalized spacial score (nSPS) is 16.8. The summed E-state index contributed by atoms with van der Waals surface area (Å²) in [6.45, 7) is 3.36. The third-order valence-electron chi connectivity index (χ3n) is 2.24. The molecule has 1 aliphatic rings. The van der Waals surface area contributed by atoms with E-state index in [9.17, 15) is 0 Å². The maximum Gasteiger partial charge on any atom is 0.134 e. The molecule has 0 aliphatic carbocycles. The van der Waals surface area contributed by atoms with Gasteiger partial charge in [0.1, 0.15) is 18.0 Å². The van der Waals surface area contributed by atoms with Crippen molar-refractivity contribution in [2.75, 3.05) is 43.6 Å². The van der Waals surface area contributed by atoms with Crippen LogP contribution >= 0.6 is 0 Å². The van der Waals surface area contributed by atoms with E-state index >= 15 is 0 Å². The van der Waals surface area contributed by atoms with Gasteiger partial charge in [0.25, 0.3) is 0 Å². The van der Waals surface area contributed by atoms with E-state index in [4.69, 9.17) is 4.74 Å². The van der Waals surface area contributed by atoms with E-state index in [1.807, 2.05) is 13.1 Å². The highest BCUT2D eigenvalue weighted by molar-refractivity contribution is 5.48. The molecule has 1 aliphatic heterocycles. The number of morpholine rings is 1. The van der Waals surface area contributed by atoms with Gasteiger partial charge in [-0.3, -0.25) is 0 Å². The molecule has 1 aromatic heterocycles. The molecule has 0 saturated carbocycles. The number of hydrogen-bond acceptors (Lipinski definition) is 5. The van der Waals surface area contributed by atoms with Gasteiger partial charge in [-0.25, -0.2) is 9.97 Å². The molecule has 5 nitrogen and oxygen atoms in total. The van der Waals surface area contributed by atoms with Crippen LogP contribution in [0, 0.1) is 0 Å². The first-order chi connectivity index (χ1) is 6.90. The molecule has 76 valence electrons. The Labute approximate surface area is 83.1 Å². The summed E-state index contributed by atoms with van der Waals surface area (Å²) in [6, 6.07) is 1.95. The second-order valence-corrected chi connectivity index (χ2v) is 3.11. The number of aromatic nitrogens is 2. The molecule has 1 aromatic rings. The zero-order valence-electron chi connectivity index (χ0n) is 8.23. The third-order valence-corrected chi connectivity index (χ3v) is 2.24. The van der Waals surface area contributed by atoms with Crippen molar-refractivity contribution in [2.24, 2.45) is 0 Å². The standard InChI is InChI=1S/C9H14N4O/c1-10-8-6-9(12-7-11-8)13-2-4-14-5-3-13/h6-7H,2-5H2,1H3,(H,10,11,12). The Morgan fingerprint density at radius 2 is 2.14 bits per heavy atom. The molecule has 2 heterocycles. The van der Waals surface area contributed by atoms with E-state index in [1.165, 1.54) is 0 Å². The highest BCUT2D eigenvalue weighted by atomic mass is 16.5. The predicted octanol–water partition coefficient (Wildman–Crippen LogP) is 0.355. The van der Waals surface area contributed by atoms with Crippen LogP contribution < -0.4 is 10.2 Å². The fourth-order valence-corrected chi connectivity index (χ4v) is 1.45. The summed E-state index contributed by atoms with van der Waals surface area (Å²) in [7, 11) is 1.85. The fourth-order valence-electron chi connectivity index (χ4n) is 1.45. The van der Waals surface area contributed by atoms with Crippen molar-refractivity contribution >= 4 is 11.6 Å². The van der Waals surface area contributed by atoms with Gasteiger partial charge in [0.2, 0.25) is 0 Å². The maximum atomic E-state index is 5.28. The van der Waals surface area contributed by atoms with Gasteiger partial charge in [-0.15, -0.1) is 0 Å². The van der Waals surface area contributed by atoms with Gasteiger partial charge in [-0.05, 0) is 0 Å². The van der Waals surface area contributed by atoms with E-state index in [0.717, 1.165) is 37.9 Å². The molecule has 0 unspecified atom stereocenters. The number of rotatable bonds is 2. The van der Waals surface area contributed by atoms with E-state index in [2.05, 4.69) is 20.2 Å². The number of ether oxygens (including phenoxy) is 1. The lowest BCUT2D eigenvalue weighted by Crippen LogP contribution is -2.36. The Morgan fingerprint density at radius 3 is 2.86 bits per heavy atom. The van der Waals surface area contributed by atoms with Gasteiger partial charge in [0.05, 0.1) is 13.2 Å². The number of nitrogens with one attached hydrogen (secondary N) is 1. The summed E-state index contributed by atoms with van der Waals surface area (Å²) in [6.07, 6.45) is 1.58. The van der Waals surface area contributed by atoms with Gasteiger partial charge in [-0.1, -0.05) is 0 Å². The summed E-state index contributed by atoms with van der Waals surface area (Å²) in [5.74, 6) is 1.81. The van der Waals surface area contributed by atoms with Crippen molar-refractivity contribution in [3.63, 3.8) is 0 Å². The summed E-state index contributed by atoms with van der Waals surface area (Å²) in [5, 5.41) is 3.00. The van der Waals surface area contributed by atoms with Crippen LogP contribution in [-0.2, 0) is 4.74 Å². The minimum Gasteiger partial charge on any atom is -0.378 e. The van der Waals surface area contributed by atoms with Crippen molar-refractivity contribution in [1.29, 1.82) is 0 Å². The molecule has 0 amide bonds. The van der Waals surface area contributed by atoms with Crippen LogP contribution in [0.2, 0.25) is 0 Å². The molecular weight excluding hydrogens is 180 g/mol. The molecular formula is C9H14N4O. The molecule has 5 heteroatoms. The molecule has 2 rings (SSSR count). The lowest BCUT2D eigenvalue weighted by atomic mass is 10.4. The maximum absolute atomic E-state index is 5.28. The Hall–Kier alpha value is -1.36. The fraction of sp³-hybridized carbons (Fsp3) is 0.556. The SMILES string of the molecule is CNc1cc(N2CCOCC2)ncn1. The average Bonchev–Trinajstić information content (AvgIpc) is 2.30. The molecule has 1 saturated heterocycles. The molecule has 14 heavy (non-hydrogen) atoms. The van der Waals surface area contributed by atoms with Crippen molar-refractivity contribution < 1.29 is 4.74 Å². The Balaban J connectivity index is 2.13. The van der Waals surface area contributed by atoms with Crippen LogP contribution in [0.3, 0.4) is 0 Å². The van der Waals surface area contributed by atoms with E-state index in [0.29, 0.717) is 0 Å². The summed E-state index contributed by atoms with van der Waals surface area (Å²) in [4.78, 5) is 10.5. The smallest absolute Gasteiger partial charge is 0.134 e. The highest BCUT2D eigenvalue weighted by Gasteiger charge is 2.12. The topological polar surface area (TPSA) is 50.3 Å². The molecule has 0 aromatic carbocycles.